The van der Waals surface area contributed by atoms with Gasteiger partial charge in [-0.05, 0) is 45.6 Å². The molecule has 2 saturated heterocycles. The first-order valence-electron chi connectivity index (χ1n) is 10.9. The van der Waals surface area contributed by atoms with Gasteiger partial charge in [0.05, 0.1) is 6.04 Å². The van der Waals surface area contributed by atoms with Crippen molar-refractivity contribution in [1.29, 1.82) is 0 Å². The summed E-state index contributed by atoms with van der Waals surface area (Å²) in [4.78, 5) is 42.0. The minimum Gasteiger partial charge on any atom is -0.465 e. The monoisotopic (exact) mass is 431 g/mol. The van der Waals surface area contributed by atoms with E-state index in [0.717, 1.165) is 5.56 Å². The lowest BCUT2D eigenvalue weighted by Crippen LogP contribution is -2.58. The van der Waals surface area contributed by atoms with Crippen molar-refractivity contribution in [1.82, 2.24) is 14.7 Å². The summed E-state index contributed by atoms with van der Waals surface area (Å²) in [6.45, 7) is 7.61. The Kier molecular flexibility index (Phi) is 7.08. The van der Waals surface area contributed by atoms with E-state index in [1.165, 1.54) is 4.90 Å². The van der Waals surface area contributed by atoms with Crippen LogP contribution in [0, 0.1) is 5.92 Å². The van der Waals surface area contributed by atoms with Crippen molar-refractivity contribution >= 4 is 18.1 Å². The zero-order valence-electron chi connectivity index (χ0n) is 18.6. The predicted molar refractivity (Wildman–Crippen MR) is 116 cm³/mol. The number of ether oxygens (including phenoxy) is 1. The number of carboxylic acid groups (broad SMARTS) is 1. The average molecular weight is 432 g/mol. The summed E-state index contributed by atoms with van der Waals surface area (Å²) in [5.74, 6) is -0.0839. The maximum absolute atomic E-state index is 13.2. The fourth-order valence-electron chi connectivity index (χ4n) is 4.26. The van der Waals surface area contributed by atoms with Gasteiger partial charge in [-0.15, -0.1) is 0 Å². The van der Waals surface area contributed by atoms with Crippen molar-refractivity contribution in [2.45, 2.75) is 51.7 Å². The second-order valence-corrected chi connectivity index (χ2v) is 9.35. The van der Waals surface area contributed by atoms with Gasteiger partial charge >= 0.3 is 12.2 Å². The van der Waals surface area contributed by atoms with Crippen molar-refractivity contribution in [3.8, 4) is 0 Å². The van der Waals surface area contributed by atoms with E-state index in [2.05, 4.69) is 0 Å². The smallest absolute Gasteiger partial charge is 0.410 e. The van der Waals surface area contributed by atoms with Crippen molar-refractivity contribution < 1.29 is 24.2 Å². The van der Waals surface area contributed by atoms with E-state index in [9.17, 15) is 19.5 Å². The molecule has 0 aromatic heterocycles. The highest BCUT2D eigenvalue weighted by molar-refractivity contribution is 5.80. The van der Waals surface area contributed by atoms with Gasteiger partial charge in [-0.2, -0.15) is 0 Å². The van der Waals surface area contributed by atoms with Gasteiger partial charge in [-0.25, -0.2) is 9.59 Å². The molecule has 1 atom stereocenters. The lowest BCUT2D eigenvalue weighted by molar-refractivity contribution is -0.139. The van der Waals surface area contributed by atoms with Crippen LogP contribution in [0.5, 0.6) is 0 Å². The molecule has 1 unspecified atom stereocenters. The van der Waals surface area contributed by atoms with E-state index in [4.69, 9.17) is 4.74 Å². The van der Waals surface area contributed by atoms with Crippen LogP contribution in [-0.2, 0) is 16.0 Å². The first-order valence-corrected chi connectivity index (χ1v) is 10.9. The predicted octanol–water partition coefficient (Wildman–Crippen LogP) is 3.07. The topological polar surface area (TPSA) is 90.4 Å². The zero-order chi connectivity index (χ0) is 22.6. The second-order valence-electron chi connectivity index (χ2n) is 9.35. The third-order valence-corrected chi connectivity index (χ3v) is 5.85. The molecule has 0 aliphatic carbocycles. The normalized spacial score (nSPS) is 20.5. The third-order valence-electron chi connectivity index (χ3n) is 5.85. The fourth-order valence-corrected chi connectivity index (χ4v) is 4.26. The molecule has 170 valence electrons. The number of carbonyl (C=O) groups excluding carboxylic acids is 2. The van der Waals surface area contributed by atoms with Gasteiger partial charge in [0.2, 0.25) is 5.91 Å². The summed E-state index contributed by atoms with van der Waals surface area (Å²) < 4.78 is 5.42. The molecule has 31 heavy (non-hydrogen) atoms. The molecule has 0 saturated carbocycles. The Morgan fingerprint density at radius 2 is 1.65 bits per heavy atom. The van der Waals surface area contributed by atoms with Gasteiger partial charge < -0.3 is 24.5 Å². The first kappa shape index (κ1) is 22.9. The quantitative estimate of drug-likeness (QED) is 0.794. The van der Waals surface area contributed by atoms with Crippen LogP contribution in [0.25, 0.3) is 0 Å². The van der Waals surface area contributed by atoms with Crippen molar-refractivity contribution in [3.63, 3.8) is 0 Å². The maximum atomic E-state index is 13.2. The minimum atomic E-state index is -0.946. The molecule has 1 aromatic rings. The number of hydrogen-bond donors (Lipinski definition) is 1. The van der Waals surface area contributed by atoms with E-state index in [-0.39, 0.29) is 24.0 Å². The highest BCUT2D eigenvalue weighted by Crippen LogP contribution is 2.24. The minimum absolute atomic E-state index is 0.0620. The molecule has 2 heterocycles. The van der Waals surface area contributed by atoms with Gasteiger partial charge in [-0.3, -0.25) is 4.79 Å². The van der Waals surface area contributed by atoms with Crippen LogP contribution in [0.2, 0.25) is 0 Å². The van der Waals surface area contributed by atoms with E-state index in [0.29, 0.717) is 52.0 Å². The van der Waals surface area contributed by atoms with Crippen LogP contribution in [0.1, 0.15) is 39.2 Å². The number of rotatable bonds is 3. The van der Waals surface area contributed by atoms with Crippen LogP contribution >= 0.6 is 0 Å². The van der Waals surface area contributed by atoms with Crippen LogP contribution in [-0.4, -0.2) is 82.3 Å². The molecule has 3 amide bonds. The molecular weight excluding hydrogens is 398 g/mol. The SMILES string of the molecule is CC(C)(C)OC(=O)N1CCC(C(=O)N2CCN(C(=O)O)C(Cc3ccccc3)C2)CC1. The van der Waals surface area contributed by atoms with E-state index in [1.54, 1.807) is 9.80 Å². The molecule has 2 aliphatic heterocycles. The molecular formula is C23H33N3O5. The van der Waals surface area contributed by atoms with Crippen LogP contribution in [0.3, 0.4) is 0 Å². The third kappa shape index (κ3) is 6.12. The Morgan fingerprint density at radius 3 is 2.23 bits per heavy atom. The van der Waals surface area contributed by atoms with Gasteiger partial charge in [0, 0.05) is 38.6 Å². The zero-order valence-corrected chi connectivity index (χ0v) is 18.6. The summed E-state index contributed by atoms with van der Waals surface area (Å²) in [7, 11) is 0. The second kappa shape index (κ2) is 9.58. The van der Waals surface area contributed by atoms with Crippen molar-refractivity contribution in [2.75, 3.05) is 32.7 Å². The molecule has 3 rings (SSSR count). The standard InChI is InChI=1S/C23H33N3O5/c1-23(2,3)31-22(30)24-11-9-18(10-12-24)20(27)25-13-14-26(21(28)29)19(16-25)15-17-7-5-4-6-8-17/h4-8,18-19H,9-16H2,1-3H3,(H,28,29). The van der Waals surface area contributed by atoms with E-state index >= 15 is 0 Å². The number of carbonyl (C=O) groups is 3. The molecule has 0 radical (unpaired) electrons. The van der Waals surface area contributed by atoms with E-state index < -0.39 is 11.7 Å². The number of hydrogen-bond acceptors (Lipinski definition) is 4. The first-order chi connectivity index (χ1) is 14.6. The van der Waals surface area contributed by atoms with Gasteiger partial charge in [0.1, 0.15) is 5.60 Å². The molecule has 8 nitrogen and oxygen atoms in total. The number of benzene rings is 1. The number of amides is 3. The average Bonchev–Trinajstić information content (AvgIpc) is 2.72. The summed E-state index contributed by atoms with van der Waals surface area (Å²) >= 11 is 0. The Bertz CT molecular complexity index is 784. The fraction of sp³-hybridized carbons (Fsp3) is 0.609. The van der Waals surface area contributed by atoms with Gasteiger partial charge in [-0.1, -0.05) is 30.3 Å². The van der Waals surface area contributed by atoms with Crippen molar-refractivity contribution in [2.24, 2.45) is 5.92 Å². The molecule has 1 aromatic carbocycles. The Balaban J connectivity index is 1.58. The maximum Gasteiger partial charge on any atom is 0.410 e. The number of nitrogens with zero attached hydrogens (tertiary/aromatic N) is 3. The largest absolute Gasteiger partial charge is 0.465 e. The molecule has 8 heteroatoms. The number of likely N-dealkylation sites (tertiary alicyclic amines) is 1. The molecule has 2 aliphatic rings. The summed E-state index contributed by atoms with van der Waals surface area (Å²) in [5.41, 5.74) is 0.514. The molecule has 1 N–H and O–H groups in total. The van der Waals surface area contributed by atoms with Crippen molar-refractivity contribution in [3.05, 3.63) is 35.9 Å². The van der Waals surface area contributed by atoms with Gasteiger partial charge in [0.15, 0.2) is 0 Å². The van der Waals surface area contributed by atoms with Gasteiger partial charge in [0.25, 0.3) is 0 Å². The Labute approximate surface area is 183 Å². The number of piperazine rings is 1. The highest BCUT2D eigenvalue weighted by atomic mass is 16.6. The summed E-state index contributed by atoms with van der Waals surface area (Å²) in [6.07, 6.45) is 0.491. The highest BCUT2D eigenvalue weighted by Gasteiger charge is 2.37. The lowest BCUT2D eigenvalue weighted by Gasteiger charge is -2.42. The molecule has 0 bridgehead atoms. The van der Waals surface area contributed by atoms with Crippen LogP contribution < -0.4 is 0 Å². The number of piperidine rings is 1. The Hall–Kier alpha value is -2.77. The molecule has 0 spiro atoms. The van der Waals surface area contributed by atoms with Crippen LogP contribution in [0.15, 0.2) is 30.3 Å². The lowest BCUT2D eigenvalue weighted by atomic mass is 9.94. The van der Waals surface area contributed by atoms with E-state index in [1.807, 2.05) is 51.1 Å². The molecule has 2 fully saturated rings. The van der Waals surface area contributed by atoms with Crippen LogP contribution in [0.4, 0.5) is 9.59 Å². The summed E-state index contributed by atoms with van der Waals surface area (Å²) in [6, 6.07) is 9.49. The summed E-state index contributed by atoms with van der Waals surface area (Å²) in [5, 5.41) is 9.60. The Morgan fingerprint density at radius 1 is 1.00 bits per heavy atom.